The average Bonchev–Trinajstić information content (AvgIpc) is 2.81. The summed E-state index contributed by atoms with van der Waals surface area (Å²) in [5, 5.41) is 0. The maximum Gasteiger partial charge on any atom is 0.150 e. The molecular weight excluding hydrogens is 290 g/mol. The highest BCUT2D eigenvalue weighted by Crippen LogP contribution is 2.49. The Bertz CT molecular complexity index is 871. The molecule has 1 aliphatic heterocycles. The highest BCUT2D eigenvalue weighted by molar-refractivity contribution is 5.93. The van der Waals surface area contributed by atoms with Crippen LogP contribution in [0.2, 0.25) is 0 Å². The zero-order valence-electron chi connectivity index (χ0n) is 14.7. The van der Waals surface area contributed by atoms with Gasteiger partial charge in [-0.15, -0.1) is 0 Å². The molecule has 2 aliphatic carbocycles. The number of hydrogen-bond donors (Lipinski definition) is 0. The number of benzene rings is 1. The van der Waals surface area contributed by atoms with Crippen molar-refractivity contribution in [2.45, 2.75) is 20.3 Å². The van der Waals surface area contributed by atoms with Crippen molar-refractivity contribution in [3.05, 3.63) is 95.9 Å². The van der Waals surface area contributed by atoms with E-state index in [0.29, 0.717) is 0 Å². The molecule has 3 aliphatic rings. The predicted octanol–water partition coefficient (Wildman–Crippen LogP) is 5.90. The summed E-state index contributed by atoms with van der Waals surface area (Å²) in [5.74, 6) is 0. The van der Waals surface area contributed by atoms with Crippen molar-refractivity contribution in [2.75, 3.05) is 7.05 Å². The first kappa shape index (κ1) is 15.2. The fraction of sp³-hybridized carbons (Fsp3) is 0.217. The van der Waals surface area contributed by atoms with Crippen LogP contribution in [0, 0.1) is 5.41 Å². The molecule has 24 heavy (non-hydrogen) atoms. The molecule has 0 bridgehead atoms. The third kappa shape index (κ3) is 2.20. The first-order chi connectivity index (χ1) is 11.5. The van der Waals surface area contributed by atoms with E-state index in [-0.39, 0.29) is 5.41 Å². The van der Waals surface area contributed by atoms with Gasteiger partial charge in [0, 0.05) is 22.6 Å². The summed E-state index contributed by atoms with van der Waals surface area (Å²) in [4.78, 5) is 0. The summed E-state index contributed by atoms with van der Waals surface area (Å²) < 4.78 is 0.725. The second-order valence-corrected chi connectivity index (χ2v) is 7.47. The molecule has 1 heteroatoms. The molecule has 1 atom stereocenters. The lowest BCUT2D eigenvalue weighted by Crippen LogP contribution is -2.40. The van der Waals surface area contributed by atoms with E-state index in [1.807, 2.05) is 0 Å². The molecule has 0 radical (unpaired) electrons. The third-order valence-corrected chi connectivity index (χ3v) is 5.26. The maximum absolute atomic E-state index is 2.33. The fourth-order valence-electron chi connectivity index (χ4n) is 3.81. The summed E-state index contributed by atoms with van der Waals surface area (Å²) in [5.41, 5.74) is 6.77. The molecule has 4 rings (SSSR count). The molecule has 0 aromatic heterocycles. The van der Waals surface area contributed by atoms with Crippen LogP contribution in [0.4, 0.5) is 5.69 Å². The SMILES string of the molecule is CC1(C)C=CC2=C(C=C1)[N+](C)(C1=CC=CCC=C1)c1ccccc12. The van der Waals surface area contributed by atoms with E-state index in [9.17, 15) is 0 Å². The molecule has 0 amide bonds. The van der Waals surface area contributed by atoms with Crippen LogP contribution in [-0.4, -0.2) is 7.05 Å². The zero-order chi connectivity index (χ0) is 16.8. The average molecular weight is 314 g/mol. The minimum atomic E-state index is 0.0810. The van der Waals surface area contributed by atoms with Crippen LogP contribution in [0.1, 0.15) is 25.8 Å². The largest absolute Gasteiger partial charge is 0.228 e. The van der Waals surface area contributed by atoms with Crippen molar-refractivity contribution in [1.82, 2.24) is 4.48 Å². The summed E-state index contributed by atoms with van der Waals surface area (Å²) in [6.07, 6.45) is 21.5. The molecule has 0 spiro atoms. The molecule has 0 saturated carbocycles. The second kappa shape index (κ2) is 5.32. The van der Waals surface area contributed by atoms with Gasteiger partial charge in [-0.25, -0.2) is 4.48 Å². The van der Waals surface area contributed by atoms with Gasteiger partial charge in [0.15, 0.2) is 11.4 Å². The first-order valence-electron chi connectivity index (χ1n) is 8.66. The van der Waals surface area contributed by atoms with Gasteiger partial charge in [-0.05, 0) is 30.7 Å². The van der Waals surface area contributed by atoms with Crippen LogP contribution in [0.3, 0.4) is 0 Å². The number of para-hydroxylation sites is 1. The monoisotopic (exact) mass is 314 g/mol. The van der Waals surface area contributed by atoms with Gasteiger partial charge in [0.05, 0.1) is 7.05 Å². The number of quaternary nitrogens is 1. The molecule has 1 unspecified atom stereocenters. The zero-order valence-corrected chi connectivity index (χ0v) is 14.7. The lowest BCUT2D eigenvalue weighted by Gasteiger charge is -2.32. The van der Waals surface area contributed by atoms with Crippen LogP contribution in [0.5, 0.6) is 0 Å². The fourth-order valence-corrected chi connectivity index (χ4v) is 3.81. The smallest absolute Gasteiger partial charge is 0.150 e. The van der Waals surface area contributed by atoms with Crippen LogP contribution in [0.15, 0.2) is 90.3 Å². The Morgan fingerprint density at radius 1 is 0.958 bits per heavy atom. The Hall–Kier alpha value is -2.38. The quantitative estimate of drug-likeness (QED) is 0.566. The Labute approximate surface area is 144 Å². The van der Waals surface area contributed by atoms with Crippen molar-refractivity contribution in [1.29, 1.82) is 0 Å². The topological polar surface area (TPSA) is 0 Å². The van der Waals surface area contributed by atoms with E-state index in [4.69, 9.17) is 0 Å². The maximum atomic E-state index is 2.33. The highest BCUT2D eigenvalue weighted by atomic mass is 15.4. The van der Waals surface area contributed by atoms with Gasteiger partial charge < -0.3 is 0 Å². The summed E-state index contributed by atoms with van der Waals surface area (Å²) >= 11 is 0. The van der Waals surface area contributed by atoms with E-state index in [0.717, 1.165) is 10.9 Å². The lowest BCUT2D eigenvalue weighted by molar-refractivity contribution is 0.541. The predicted molar refractivity (Wildman–Crippen MR) is 104 cm³/mol. The molecule has 0 saturated heterocycles. The molecule has 0 N–H and O–H groups in total. The van der Waals surface area contributed by atoms with Gasteiger partial charge >= 0.3 is 0 Å². The van der Waals surface area contributed by atoms with Crippen LogP contribution in [0.25, 0.3) is 5.57 Å². The normalized spacial score (nSPS) is 26.7. The number of fused-ring (bicyclic) bond motifs is 2. The molecule has 1 aromatic carbocycles. The number of rotatable bonds is 1. The van der Waals surface area contributed by atoms with E-state index in [1.54, 1.807) is 0 Å². The third-order valence-electron chi connectivity index (χ3n) is 5.26. The Balaban J connectivity index is 1.99. The van der Waals surface area contributed by atoms with Gasteiger partial charge in [-0.1, -0.05) is 62.4 Å². The van der Waals surface area contributed by atoms with E-state index >= 15 is 0 Å². The van der Waals surface area contributed by atoms with Crippen molar-refractivity contribution in [3.8, 4) is 0 Å². The number of likely N-dealkylation sites (N-methyl/N-ethyl adjacent to an activating group) is 1. The Morgan fingerprint density at radius 3 is 2.62 bits per heavy atom. The van der Waals surface area contributed by atoms with Crippen LogP contribution >= 0.6 is 0 Å². The minimum absolute atomic E-state index is 0.0810. The lowest BCUT2D eigenvalue weighted by atomic mass is 9.92. The molecule has 1 nitrogen and oxygen atoms in total. The Kier molecular flexibility index (Phi) is 3.36. The summed E-state index contributed by atoms with van der Waals surface area (Å²) in [6, 6.07) is 8.81. The van der Waals surface area contributed by atoms with Crippen molar-refractivity contribution >= 4 is 11.3 Å². The van der Waals surface area contributed by atoms with Crippen molar-refractivity contribution < 1.29 is 0 Å². The van der Waals surface area contributed by atoms with Crippen LogP contribution in [-0.2, 0) is 0 Å². The van der Waals surface area contributed by atoms with Gasteiger partial charge in [-0.2, -0.15) is 0 Å². The number of allylic oxidation sites excluding steroid dienone is 10. The van der Waals surface area contributed by atoms with E-state index < -0.39 is 0 Å². The van der Waals surface area contributed by atoms with Crippen molar-refractivity contribution in [3.63, 3.8) is 0 Å². The van der Waals surface area contributed by atoms with Gasteiger partial charge in [0.25, 0.3) is 0 Å². The molecule has 120 valence electrons. The van der Waals surface area contributed by atoms with Gasteiger partial charge in [0.2, 0.25) is 0 Å². The van der Waals surface area contributed by atoms with E-state index in [2.05, 4.69) is 99.8 Å². The summed E-state index contributed by atoms with van der Waals surface area (Å²) in [7, 11) is 2.31. The standard InChI is InChI=1S/C23H24N/c1-23(2)16-14-20-19-12-8-9-13-21(19)24(3,22(20)15-17-23)18-10-6-4-5-7-11-18/h4,6-17H,5H2,1-3H3/q+1. The molecule has 1 heterocycles. The van der Waals surface area contributed by atoms with E-state index in [1.165, 1.54) is 28.2 Å². The number of nitrogens with zero attached hydrogens (tertiary/aromatic N) is 1. The number of hydrogen-bond acceptors (Lipinski definition) is 0. The Morgan fingerprint density at radius 2 is 1.75 bits per heavy atom. The second-order valence-electron chi connectivity index (χ2n) is 7.47. The summed E-state index contributed by atoms with van der Waals surface area (Å²) in [6.45, 7) is 4.51. The van der Waals surface area contributed by atoms with Gasteiger partial charge in [0.1, 0.15) is 5.70 Å². The highest BCUT2D eigenvalue weighted by Gasteiger charge is 2.43. The first-order valence-corrected chi connectivity index (χ1v) is 8.66. The molecule has 1 aromatic rings. The molecular formula is C23H24N+. The minimum Gasteiger partial charge on any atom is -0.228 e. The molecule has 0 fully saturated rings. The van der Waals surface area contributed by atoms with Gasteiger partial charge in [-0.3, -0.25) is 0 Å². The van der Waals surface area contributed by atoms with Crippen LogP contribution < -0.4 is 4.48 Å². The van der Waals surface area contributed by atoms with Crippen molar-refractivity contribution in [2.24, 2.45) is 5.41 Å².